The first-order chi connectivity index (χ1) is 16.3. The van der Waals surface area contributed by atoms with Crippen molar-refractivity contribution >= 4 is 34.4 Å². The number of fused-ring (bicyclic) bond motifs is 1. The summed E-state index contributed by atoms with van der Waals surface area (Å²) in [7, 11) is 1.62. The number of methoxy groups -OCH3 is 1. The van der Waals surface area contributed by atoms with E-state index in [0.29, 0.717) is 28.7 Å². The first kappa shape index (κ1) is 22.0. The van der Waals surface area contributed by atoms with E-state index < -0.39 is 5.60 Å². The lowest BCUT2D eigenvalue weighted by atomic mass is 9.92. The van der Waals surface area contributed by atoms with Crippen LogP contribution in [0.1, 0.15) is 30.7 Å². The largest absolute Gasteiger partial charge is 0.497 e. The minimum absolute atomic E-state index is 0.0599. The smallest absolute Gasteiger partial charge is 0.210 e. The Labute approximate surface area is 202 Å². The van der Waals surface area contributed by atoms with Crippen LogP contribution in [0.2, 0.25) is 5.02 Å². The fourth-order valence-corrected chi connectivity index (χ4v) is 4.07. The van der Waals surface area contributed by atoms with Crippen molar-refractivity contribution in [3.63, 3.8) is 0 Å². The predicted octanol–water partition coefficient (Wildman–Crippen LogP) is 5.82. The Kier molecular flexibility index (Phi) is 5.54. The highest BCUT2D eigenvalue weighted by atomic mass is 35.5. The SMILES string of the molecule is COc1ccc(C2=C(c3ccc(OCc4cn5ccc(Cl)cc5n4)cc3)C(=O)C(C)(C)O2)cc1. The van der Waals surface area contributed by atoms with Gasteiger partial charge < -0.3 is 18.6 Å². The lowest BCUT2D eigenvalue weighted by Crippen LogP contribution is -2.29. The van der Waals surface area contributed by atoms with E-state index in [-0.39, 0.29) is 5.78 Å². The minimum Gasteiger partial charge on any atom is -0.497 e. The molecule has 0 saturated heterocycles. The third kappa shape index (κ3) is 4.13. The van der Waals surface area contributed by atoms with Crippen LogP contribution < -0.4 is 9.47 Å². The van der Waals surface area contributed by atoms with E-state index >= 15 is 0 Å². The summed E-state index contributed by atoms with van der Waals surface area (Å²) in [5.74, 6) is 1.92. The Morgan fingerprint density at radius 3 is 2.38 bits per heavy atom. The lowest BCUT2D eigenvalue weighted by molar-refractivity contribution is -0.125. The van der Waals surface area contributed by atoms with E-state index in [4.69, 9.17) is 25.8 Å². The average molecular weight is 475 g/mol. The van der Waals surface area contributed by atoms with Gasteiger partial charge in [0.05, 0.1) is 18.4 Å². The second-order valence-electron chi connectivity index (χ2n) is 8.53. The van der Waals surface area contributed by atoms with Gasteiger partial charge in [0.25, 0.3) is 0 Å². The van der Waals surface area contributed by atoms with Crippen LogP contribution in [-0.4, -0.2) is 27.9 Å². The molecule has 0 atom stereocenters. The third-order valence-electron chi connectivity index (χ3n) is 5.71. The molecule has 2 aromatic heterocycles. The number of hydrogen-bond donors (Lipinski definition) is 0. The Morgan fingerprint density at radius 2 is 1.68 bits per heavy atom. The van der Waals surface area contributed by atoms with Gasteiger partial charge in [0.1, 0.15) is 29.5 Å². The number of halogens is 1. The van der Waals surface area contributed by atoms with Gasteiger partial charge in [-0.2, -0.15) is 0 Å². The van der Waals surface area contributed by atoms with E-state index in [1.807, 2.05) is 71.4 Å². The molecule has 0 aliphatic carbocycles. The van der Waals surface area contributed by atoms with Crippen molar-refractivity contribution in [3.05, 3.63) is 94.9 Å². The van der Waals surface area contributed by atoms with E-state index in [1.165, 1.54) is 0 Å². The van der Waals surface area contributed by atoms with E-state index in [1.54, 1.807) is 27.0 Å². The number of aromatic nitrogens is 2. The van der Waals surface area contributed by atoms with Gasteiger partial charge in [0.2, 0.25) is 5.78 Å². The van der Waals surface area contributed by atoms with Crippen LogP contribution in [0.5, 0.6) is 11.5 Å². The molecule has 0 N–H and O–H groups in total. The molecule has 6 nitrogen and oxygen atoms in total. The van der Waals surface area contributed by atoms with Crippen molar-refractivity contribution < 1.29 is 19.0 Å². The number of carbonyl (C=O) groups is 1. The van der Waals surface area contributed by atoms with Crippen molar-refractivity contribution in [2.45, 2.75) is 26.1 Å². The molecule has 1 aliphatic rings. The number of imidazole rings is 1. The summed E-state index contributed by atoms with van der Waals surface area (Å²) in [5, 5.41) is 0.637. The number of ether oxygens (including phenoxy) is 3. The number of carbonyl (C=O) groups excluding carboxylic acids is 1. The predicted molar refractivity (Wildman–Crippen MR) is 131 cm³/mol. The Hall–Kier alpha value is -3.77. The Balaban J connectivity index is 1.39. The molecule has 0 bridgehead atoms. The lowest BCUT2D eigenvalue weighted by Gasteiger charge is -2.17. The molecule has 0 fully saturated rings. The molecule has 0 spiro atoms. The number of pyridine rings is 1. The minimum atomic E-state index is -0.939. The molecule has 1 aliphatic heterocycles. The van der Waals surface area contributed by atoms with Crippen LogP contribution in [0.3, 0.4) is 0 Å². The van der Waals surface area contributed by atoms with Crippen molar-refractivity contribution in [3.8, 4) is 11.5 Å². The Bertz CT molecular complexity index is 1400. The number of benzene rings is 2. The van der Waals surface area contributed by atoms with Gasteiger partial charge in [-0.25, -0.2) is 4.98 Å². The van der Waals surface area contributed by atoms with Crippen LogP contribution in [0.15, 0.2) is 73.1 Å². The molecule has 3 heterocycles. The molecule has 34 heavy (non-hydrogen) atoms. The summed E-state index contributed by atoms with van der Waals surface area (Å²) in [6.07, 6.45) is 3.77. The molecule has 2 aromatic carbocycles. The zero-order chi connectivity index (χ0) is 23.9. The molecular weight excluding hydrogens is 452 g/mol. The highest BCUT2D eigenvalue weighted by Gasteiger charge is 2.42. The van der Waals surface area contributed by atoms with Crippen molar-refractivity contribution in [2.75, 3.05) is 7.11 Å². The highest BCUT2D eigenvalue weighted by Crippen LogP contribution is 2.41. The maximum atomic E-state index is 13.2. The number of hydrogen-bond acceptors (Lipinski definition) is 5. The summed E-state index contributed by atoms with van der Waals surface area (Å²) < 4.78 is 19.2. The molecular formula is C27H23ClN2O4. The number of nitrogens with zero attached hydrogens (tertiary/aromatic N) is 2. The van der Waals surface area contributed by atoms with Crippen molar-refractivity contribution in [1.29, 1.82) is 0 Å². The topological polar surface area (TPSA) is 62.1 Å². The fourth-order valence-electron chi connectivity index (χ4n) is 3.92. The van der Waals surface area contributed by atoms with Gasteiger partial charge in [-0.05, 0) is 67.9 Å². The first-order valence-corrected chi connectivity index (χ1v) is 11.2. The maximum absolute atomic E-state index is 13.2. The van der Waals surface area contributed by atoms with E-state index in [9.17, 15) is 4.79 Å². The number of Topliss-reactive ketones (excluding diaryl/α,β-unsaturated/α-hetero) is 1. The third-order valence-corrected chi connectivity index (χ3v) is 5.95. The van der Waals surface area contributed by atoms with Gasteiger partial charge in [0, 0.05) is 23.0 Å². The summed E-state index contributed by atoms with van der Waals surface area (Å²) in [5.41, 5.74) is 2.77. The van der Waals surface area contributed by atoms with E-state index in [2.05, 4.69) is 4.98 Å². The first-order valence-electron chi connectivity index (χ1n) is 10.8. The van der Waals surface area contributed by atoms with Crippen molar-refractivity contribution in [1.82, 2.24) is 9.38 Å². The summed E-state index contributed by atoms with van der Waals surface area (Å²) >= 11 is 6.03. The molecule has 172 valence electrons. The van der Waals surface area contributed by atoms with Crippen LogP contribution in [0, 0.1) is 0 Å². The van der Waals surface area contributed by atoms with Gasteiger partial charge in [-0.1, -0.05) is 23.7 Å². The monoisotopic (exact) mass is 474 g/mol. The van der Waals surface area contributed by atoms with E-state index in [0.717, 1.165) is 28.2 Å². The Morgan fingerprint density at radius 1 is 1.00 bits per heavy atom. The zero-order valence-electron chi connectivity index (χ0n) is 19.0. The van der Waals surface area contributed by atoms with Gasteiger partial charge >= 0.3 is 0 Å². The number of ketones is 1. The number of rotatable bonds is 6. The zero-order valence-corrected chi connectivity index (χ0v) is 19.8. The summed E-state index contributed by atoms with van der Waals surface area (Å²) in [6, 6.07) is 18.5. The van der Waals surface area contributed by atoms with Gasteiger partial charge in [-0.15, -0.1) is 0 Å². The summed E-state index contributed by atoms with van der Waals surface area (Å²) in [6.45, 7) is 3.88. The molecule has 0 amide bonds. The van der Waals surface area contributed by atoms with Gasteiger partial charge in [-0.3, -0.25) is 4.79 Å². The average Bonchev–Trinajstić information content (AvgIpc) is 3.35. The molecule has 7 heteroatoms. The molecule has 0 radical (unpaired) electrons. The highest BCUT2D eigenvalue weighted by molar-refractivity contribution is 6.32. The van der Waals surface area contributed by atoms with Gasteiger partial charge in [0.15, 0.2) is 5.60 Å². The maximum Gasteiger partial charge on any atom is 0.210 e. The van der Waals surface area contributed by atoms with Crippen LogP contribution >= 0.6 is 11.6 Å². The molecule has 0 saturated carbocycles. The second kappa shape index (κ2) is 8.54. The summed E-state index contributed by atoms with van der Waals surface area (Å²) in [4.78, 5) is 17.7. The van der Waals surface area contributed by atoms with Crippen LogP contribution in [0.25, 0.3) is 17.0 Å². The van der Waals surface area contributed by atoms with Crippen LogP contribution in [-0.2, 0) is 16.1 Å². The normalized spacial score (nSPS) is 15.0. The molecule has 5 rings (SSSR count). The van der Waals surface area contributed by atoms with Crippen molar-refractivity contribution in [2.24, 2.45) is 0 Å². The fraction of sp³-hybridized carbons (Fsp3) is 0.185. The second-order valence-corrected chi connectivity index (χ2v) is 8.97. The standard InChI is InChI=1S/C27H23ClN2O4/c1-27(2)26(31)24(25(34-27)18-6-8-21(32-3)9-7-18)17-4-10-22(11-5-17)33-16-20-15-30-13-12-19(28)14-23(30)29-20/h4-15H,16H2,1-3H3. The molecule has 4 aromatic rings. The quantitative estimate of drug-likeness (QED) is 0.352. The van der Waals surface area contributed by atoms with Crippen LogP contribution in [0.4, 0.5) is 0 Å². The molecule has 0 unspecified atom stereocenters.